The molecular formula is C22H18O3. The normalized spacial score (nSPS) is 11.4. The number of carboxylic acids is 1. The number of fused-ring (bicyclic) bond motifs is 1. The highest BCUT2D eigenvalue weighted by molar-refractivity contribution is 6.15. The number of carbonyl (C=O) groups is 2. The summed E-state index contributed by atoms with van der Waals surface area (Å²) in [7, 11) is 0. The Kier molecular flexibility index (Phi) is 5.05. The van der Waals surface area contributed by atoms with Crippen LogP contribution in [0.5, 0.6) is 0 Å². The molecule has 0 aliphatic carbocycles. The van der Waals surface area contributed by atoms with E-state index < -0.39 is 5.97 Å². The molecule has 3 nitrogen and oxygen atoms in total. The first-order valence-electron chi connectivity index (χ1n) is 8.16. The monoisotopic (exact) mass is 330 g/mol. The zero-order chi connectivity index (χ0) is 17.6. The first kappa shape index (κ1) is 16.7. The third-order valence-corrected chi connectivity index (χ3v) is 4.11. The molecule has 1 N–H and O–H groups in total. The maximum absolute atomic E-state index is 12.4. The quantitative estimate of drug-likeness (QED) is 0.513. The SMILES string of the molecule is O=C(O)C(=CCCC(=O)c1ccc2ccccc2c1)c1ccccc1. The highest BCUT2D eigenvalue weighted by Crippen LogP contribution is 2.19. The van der Waals surface area contributed by atoms with E-state index in [2.05, 4.69) is 0 Å². The summed E-state index contributed by atoms with van der Waals surface area (Å²) in [4.78, 5) is 23.8. The first-order chi connectivity index (χ1) is 12.1. The van der Waals surface area contributed by atoms with Crippen molar-refractivity contribution in [1.29, 1.82) is 0 Å². The van der Waals surface area contributed by atoms with E-state index >= 15 is 0 Å². The number of ketones is 1. The number of carbonyl (C=O) groups excluding carboxylic acids is 1. The fourth-order valence-electron chi connectivity index (χ4n) is 2.80. The molecule has 3 heteroatoms. The maximum Gasteiger partial charge on any atom is 0.335 e. The van der Waals surface area contributed by atoms with Crippen LogP contribution in [-0.4, -0.2) is 16.9 Å². The van der Waals surface area contributed by atoms with Crippen LogP contribution >= 0.6 is 0 Å². The summed E-state index contributed by atoms with van der Waals surface area (Å²) in [6, 6.07) is 22.5. The van der Waals surface area contributed by atoms with Gasteiger partial charge in [-0.2, -0.15) is 0 Å². The summed E-state index contributed by atoms with van der Waals surface area (Å²) in [6.07, 6.45) is 2.29. The molecule has 3 aromatic rings. The van der Waals surface area contributed by atoms with Crippen LogP contribution in [0.3, 0.4) is 0 Å². The zero-order valence-electron chi connectivity index (χ0n) is 13.7. The Hall–Kier alpha value is -3.20. The summed E-state index contributed by atoms with van der Waals surface area (Å²) in [6.45, 7) is 0. The summed E-state index contributed by atoms with van der Waals surface area (Å²) >= 11 is 0. The van der Waals surface area contributed by atoms with Gasteiger partial charge in [-0.15, -0.1) is 0 Å². The minimum Gasteiger partial charge on any atom is -0.478 e. The van der Waals surface area contributed by atoms with Gasteiger partial charge >= 0.3 is 5.97 Å². The molecule has 0 saturated heterocycles. The largest absolute Gasteiger partial charge is 0.478 e. The van der Waals surface area contributed by atoms with E-state index in [4.69, 9.17) is 0 Å². The zero-order valence-corrected chi connectivity index (χ0v) is 13.7. The van der Waals surface area contributed by atoms with Crippen LogP contribution < -0.4 is 0 Å². The van der Waals surface area contributed by atoms with Crippen molar-refractivity contribution in [1.82, 2.24) is 0 Å². The summed E-state index contributed by atoms with van der Waals surface area (Å²) in [5, 5.41) is 11.5. The van der Waals surface area contributed by atoms with Crippen molar-refractivity contribution in [2.45, 2.75) is 12.8 Å². The van der Waals surface area contributed by atoms with Gasteiger partial charge in [0.2, 0.25) is 0 Å². The van der Waals surface area contributed by atoms with Crippen molar-refractivity contribution in [2.75, 3.05) is 0 Å². The Balaban J connectivity index is 1.73. The fourth-order valence-corrected chi connectivity index (χ4v) is 2.80. The smallest absolute Gasteiger partial charge is 0.335 e. The molecule has 0 amide bonds. The number of rotatable bonds is 6. The van der Waals surface area contributed by atoms with Gasteiger partial charge in [-0.1, -0.05) is 72.8 Å². The molecule has 0 aliphatic rings. The van der Waals surface area contributed by atoms with E-state index in [1.54, 1.807) is 30.3 Å². The highest BCUT2D eigenvalue weighted by atomic mass is 16.4. The van der Waals surface area contributed by atoms with Gasteiger partial charge < -0.3 is 5.11 Å². The van der Waals surface area contributed by atoms with Crippen LogP contribution in [0.2, 0.25) is 0 Å². The van der Waals surface area contributed by atoms with Crippen molar-refractivity contribution in [3.8, 4) is 0 Å². The summed E-state index contributed by atoms with van der Waals surface area (Å²) < 4.78 is 0. The van der Waals surface area contributed by atoms with Gasteiger partial charge in [0.05, 0.1) is 5.57 Å². The number of Topliss-reactive ketones (excluding diaryl/α,β-unsaturated/α-hetero) is 1. The Morgan fingerprint density at radius 3 is 2.20 bits per heavy atom. The lowest BCUT2D eigenvalue weighted by Crippen LogP contribution is -2.01. The third-order valence-electron chi connectivity index (χ3n) is 4.11. The Labute approximate surface area is 146 Å². The van der Waals surface area contributed by atoms with Gasteiger partial charge in [-0.25, -0.2) is 4.79 Å². The molecule has 0 unspecified atom stereocenters. The van der Waals surface area contributed by atoms with E-state index in [0.29, 0.717) is 17.5 Å². The van der Waals surface area contributed by atoms with Gasteiger partial charge in [-0.05, 0) is 28.8 Å². The second-order valence-corrected chi connectivity index (χ2v) is 5.81. The van der Waals surface area contributed by atoms with Crippen LogP contribution in [0.1, 0.15) is 28.8 Å². The van der Waals surface area contributed by atoms with E-state index in [0.717, 1.165) is 10.8 Å². The van der Waals surface area contributed by atoms with Crippen LogP contribution in [0.25, 0.3) is 16.3 Å². The van der Waals surface area contributed by atoms with Crippen molar-refractivity contribution < 1.29 is 14.7 Å². The molecule has 3 rings (SSSR count). The van der Waals surface area contributed by atoms with E-state index in [9.17, 15) is 14.7 Å². The van der Waals surface area contributed by atoms with Crippen molar-refractivity contribution in [3.05, 3.63) is 90.0 Å². The molecule has 0 atom stereocenters. The summed E-state index contributed by atoms with van der Waals surface area (Å²) in [5.74, 6) is -0.968. The fraction of sp³-hybridized carbons (Fsp3) is 0.0909. The molecule has 0 fully saturated rings. The van der Waals surface area contributed by atoms with Crippen molar-refractivity contribution in [3.63, 3.8) is 0 Å². The molecule has 0 bridgehead atoms. The average molecular weight is 330 g/mol. The van der Waals surface area contributed by atoms with Crippen LogP contribution in [0.4, 0.5) is 0 Å². The van der Waals surface area contributed by atoms with E-state index in [1.165, 1.54) is 0 Å². The Morgan fingerprint density at radius 2 is 1.48 bits per heavy atom. The predicted molar refractivity (Wildman–Crippen MR) is 99.6 cm³/mol. The molecule has 0 heterocycles. The minimum atomic E-state index is -0.982. The van der Waals surface area contributed by atoms with Gasteiger partial charge in [0.15, 0.2) is 5.78 Å². The lowest BCUT2D eigenvalue weighted by atomic mass is 10.00. The van der Waals surface area contributed by atoms with Crippen LogP contribution in [-0.2, 0) is 4.79 Å². The maximum atomic E-state index is 12.4. The molecular weight excluding hydrogens is 312 g/mol. The predicted octanol–water partition coefficient (Wildman–Crippen LogP) is 4.97. The van der Waals surface area contributed by atoms with Crippen LogP contribution in [0, 0.1) is 0 Å². The lowest BCUT2D eigenvalue weighted by molar-refractivity contribution is -0.130. The number of hydrogen-bond acceptors (Lipinski definition) is 2. The standard InChI is InChI=1S/C22H18O3/c23-21(19-14-13-16-7-4-5-10-18(16)15-19)12-6-11-20(22(24)25)17-8-2-1-3-9-17/h1-5,7-11,13-15H,6,12H2,(H,24,25). The molecule has 3 aromatic carbocycles. The number of aliphatic carboxylic acids is 1. The topological polar surface area (TPSA) is 54.4 Å². The molecule has 0 radical (unpaired) electrons. The van der Waals surface area contributed by atoms with Gasteiger partial charge in [-0.3, -0.25) is 4.79 Å². The number of allylic oxidation sites excluding steroid dienone is 1. The van der Waals surface area contributed by atoms with Gasteiger partial charge in [0.1, 0.15) is 0 Å². The van der Waals surface area contributed by atoms with Gasteiger partial charge in [0, 0.05) is 12.0 Å². The third kappa shape index (κ3) is 4.01. The molecule has 0 aliphatic heterocycles. The van der Waals surface area contributed by atoms with Gasteiger partial charge in [0.25, 0.3) is 0 Å². The average Bonchev–Trinajstić information content (AvgIpc) is 2.65. The molecule has 124 valence electrons. The second kappa shape index (κ2) is 7.58. The molecule has 0 aromatic heterocycles. The lowest BCUT2D eigenvalue weighted by Gasteiger charge is -2.04. The van der Waals surface area contributed by atoms with E-state index in [-0.39, 0.29) is 17.8 Å². The number of carboxylic acid groups (broad SMARTS) is 1. The Morgan fingerprint density at radius 1 is 0.800 bits per heavy atom. The molecule has 0 spiro atoms. The minimum absolute atomic E-state index is 0.0137. The Bertz CT molecular complexity index is 940. The van der Waals surface area contributed by atoms with Crippen LogP contribution in [0.15, 0.2) is 78.9 Å². The molecule has 0 saturated carbocycles. The summed E-state index contributed by atoms with van der Waals surface area (Å²) in [5.41, 5.74) is 1.53. The van der Waals surface area contributed by atoms with Crippen molar-refractivity contribution in [2.24, 2.45) is 0 Å². The van der Waals surface area contributed by atoms with Crippen molar-refractivity contribution >= 4 is 28.1 Å². The first-order valence-corrected chi connectivity index (χ1v) is 8.16. The second-order valence-electron chi connectivity index (χ2n) is 5.81. The highest BCUT2D eigenvalue weighted by Gasteiger charge is 2.11. The molecule has 25 heavy (non-hydrogen) atoms. The number of hydrogen-bond donors (Lipinski definition) is 1. The number of benzene rings is 3. The van der Waals surface area contributed by atoms with E-state index in [1.807, 2.05) is 48.5 Å².